The molecule has 0 unspecified atom stereocenters. The molecule has 0 radical (unpaired) electrons. The topological polar surface area (TPSA) is 55.6 Å². The van der Waals surface area contributed by atoms with Crippen LogP contribution in [0, 0.1) is 6.92 Å². The van der Waals surface area contributed by atoms with E-state index in [0.29, 0.717) is 5.95 Å². The van der Waals surface area contributed by atoms with Gasteiger partial charge in [-0.15, -0.1) is 11.3 Å². The molecule has 5 nitrogen and oxygen atoms in total. The zero-order valence-corrected chi connectivity index (χ0v) is 14.1. The van der Waals surface area contributed by atoms with Crippen molar-refractivity contribution in [3.8, 4) is 0 Å². The SMILES string of the molecule is CCc1cc2c(Sc3cc(C)nn3C)nc(NC)nc2s1. The summed E-state index contributed by atoms with van der Waals surface area (Å²) in [5.74, 6) is 0.661. The number of thiophene rings is 1. The van der Waals surface area contributed by atoms with E-state index in [2.05, 4.69) is 39.4 Å². The molecule has 0 aliphatic carbocycles. The van der Waals surface area contributed by atoms with Crippen molar-refractivity contribution in [3.05, 3.63) is 22.7 Å². The minimum absolute atomic E-state index is 0.661. The third-order valence-corrected chi connectivity index (χ3v) is 5.41. The largest absolute Gasteiger partial charge is 0.357 e. The second kappa shape index (κ2) is 5.65. The van der Waals surface area contributed by atoms with E-state index in [1.807, 2.05) is 25.7 Å². The number of anilines is 1. The maximum atomic E-state index is 4.62. The van der Waals surface area contributed by atoms with E-state index in [1.54, 1.807) is 23.1 Å². The Morgan fingerprint density at radius 1 is 1.33 bits per heavy atom. The average Bonchev–Trinajstić information content (AvgIpc) is 3.01. The van der Waals surface area contributed by atoms with Gasteiger partial charge in [-0.2, -0.15) is 5.10 Å². The number of aryl methyl sites for hydroxylation is 3. The predicted octanol–water partition coefficient (Wildman–Crippen LogP) is 3.49. The van der Waals surface area contributed by atoms with Crippen LogP contribution in [0.5, 0.6) is 0 Å². The van der Waals surface area contributed by atoms with E-state index < -0.39 is 0 Å². The number of fused-ring (bicyclic) bond motifs is 1. The molecule has 3 heterocycles. The molecular formula is C14H17N5S2. The third-order valence-electron chi connectivity index (χ3n) is 3.14. The van der Waals surface area contributed by atoms with Gasteiger partial charge in [-0.3, -0.25) is 4.68 Å². The summed E-state index contributed by atoms with van der Waals surface area (Å²) in [7, 11) is 3.80. The van der Waals surface area contributed by atoms with E-state index in [1.165, 1.54) is 4.88 Å². The Morgan fingerprint density at radius 2 is 2.14 bits per heavy atom. The van der Waals surface area contributed by atoms with E-state index >= 15 is 0 Å². The van der Waals surface area contributed by atoms with Crippen molar-refractivity contribution in [1.29, 1.82) is 0 Å². The molecule has 0 bridgehead atoms. The molecule has 21 heavy (non-hydrogen) atoms. The Balaban J connectivity index is 2.11. The van der Waals surface area contributed by atoms with Crippen molar-refractivity contribution in [1.82, 2.24) is 19.7 Å². The number of hydrogen-bond acceptors (Lipinski definition) is 6. The van der Waals surface area contributed by atoms with Gasteiger partial charge in [0, 0.05) is 24.4 Å². The molecule has 0 amide bonds. The number of nitrogens with zero attached hydrogens (tertiary/aromatic N) is 4. The summed E-state index contributed by atoms with van der Waals surface area (Å²) >= 11 is 3.37. The highest BCUT2D eigenvalue weighted by atomic mass is 32.2. The minimum Gasteiger partial charge on any atom is -0.357 e. The lowest BCUT2D eigenvalue weighted by Gasteiger charge is -2.05. The first-order chi connectivity index (χ1) is 10.1. The molecule has 3 aromatic rings. The Hall–Kier alpha value is -1.60. The summed E-state index contributed by atoms with van der Waals surface area (Å²) < 4.78 is 1.89. The molecule has 0 saturated heterocycles. The van der Waals surface area contributed by atoms with Gasteiger partial charge in [0.15, 0.2) is 0 Å². The quantitative estimate of drug-likeness (QED) is 0.746. The van der Waals surface area contributed by atoms with Crippen LogP contribution in [0.1, 0.15) is 17.5 Å². The summed E-state index contributed by atoms with van der Waals surface area (Å²) in [6.45, 7) is 4.16. The Morgan fingerprint density at radius 3 is 2.76 bits per heavy atom. The summed E-state index contributed by atoms with van der Waals surface area (Å²) in [4.78, 5) is 11.5. The van der Waals surface area contributed by atoms with Crippen LogP contribution < -0.4 is 5.32 Å². The zero-order chi connectivity index (χ0) is 15.0. The molecule has 0 spiro atoms. The normalized spacial score (nSPS) is 11.2. The maximum absolute atomic E-state index is 4.62. The second-order valence-corrected chi connectivity index (χ2v) is 6.86. The highest BCUT2D eigenvalue weighted by molar-refractivity contribution is 7.99. The van der Waals surface area contributed by atoms with Gasteiger partial charge in [0.1, 0.15) is 14.9 Å². The third kappa shape index (κ3) is 2.75. The molecular weight excluding hydrogens is 302 g/mol. The van der Waals surface area contributed by atoms with Crippen molar-refractivity contribution in [3.63, 3.8) is 0 Å². The van der Waals surface area contributed by atoms with Crippen molar-refractivity contribution < 1.29 is 0 Å². The lowest BCUT2D eigenvalue weighted by Crippen LogP contribution is -1.98. The first-order valence-corrected chi connectivity index (χ1v) is 8.40. The summed E-state index contributed by atoms with van der Waals surface area (Å²) in [5.41, 5.74) is 1.01. The highest BCUT2D eigenvalue weighted by Gasteiger charge is 2.14. The highest BCUT2D eigenvalue weighted by Crippen LogP contribution is 2.36. The fraction of sp³-hybridized carbons (Fsp3) is 0.357. The fourth-order valence-electron chi connectivity index (χ4n) is 2.09. The van der Waals surface area contributed by atoms with Gasteiger partial charge < -0.3 is 5.32 Å². The van der Waals surface area contributed by atoms with Crippen LogP contribution in [0.3, 0.4) is 0 Å². The molecule has 0 aliphatic heterocycles. The van der Waals surface area contributed by atoms with E-state index in [9.17, 15) is 0 Å². The van der Waals surface area contributed by atoms with Gasteiger partial charge in [0.25, 0.3) is 0 Å². The summed E-state index contributed by atoms with van der Waals surface area (Å²) in [6, 6.07) is 4.27. The van der Waals surface area contributed by atoms with Crippen LogP contribution in [0.2, 0.25) is 0 Å². The van der Waals surface area contributed by atoms with Crippen LogP contribution >= 0.6 is 23.1 Å². The average molecular weight is 319 g/mol. The van der Waals surface area contributed by atoms with Gasteiger partial charge in [-0.1, -0.05) is 6.92 Å². The number of hydrogen-bond donors (Lipinski definition) is 1. The second-order valence-electron chi connectivity index (χ2n) is 4.74. The number of aromatic nitrogens is 4. The molecule has 0 saturated carbocycles. The lowest BCUT2D eigenvalue weighted by atomic mass is 10.3. The standard InChI is InChI=1S/C14H17N5S2/c1-5-9-7-10-12(20-9)16-14(15-3)17-13(10)21-11-6-8(2)18-19(11)4/h6-7H,5H2,1-4H3,(H,15,16,17). The van der Waals surface area contributed by atoms with Gasteiger partial charge >= 0.3 is 0 Å². The van der Waals surface area contributed by atoms with Crippen molar-refractivity contribution in [2.75, 3.05) is 12.4 Å². The number of nitrogens with one attached hydrogen (secondary N) is 1. The van der Waals surface area contributed by atoms with Crippen LogP contribution in [0.15, 0.2) is 22.2 Å². The predicted molar refractivity (Wildman–Crippen MR) is 88.4 cm³/mol. The Bertz CT molecular complexity index is 790. The zero-order valence-electron chi connectivity index (χ0n) is 12.5. The van der Waals surface area contributed by atoms with Gasteiger partial charge in [-0.05, 0) is 37.2 Å². The molecule has 3 aromatic heterocycles. The molecule has 110 valence electrons. The van der Waals surface area contributed by atoms with Crippen LogP contribution in [-0.2, 0) is 13.5 Å². The van der Waals surface area contributed by atoms with Gasteiger partial charge in [0.05, 0.1) is 5.69 Å². The summed E-state index contributed by atoms with van der Waals surface area (Å²) in [6.07, 6.45) is 1.02. The number of rotatable bonds is 4. The van der Waals surface area contributed by atoms with Gasteiger partial charge in [-0.25, -0.2) is 9.97 Å². The van der Waals surface area contributed by atoms with Crippen molar-refractivity contribution in [2.24, 2.45) is 7.05 Å². The molecule has 0 aliphatic rings. The Labute approximate surface area is 131 Å². The van der Waals surface area contributed by atoms with Crippen LogP contribution in [0.25, 0.3) is 10.2 Å². The van der Waals surface area contributed by atoms with E-state index in [4.69, 9.17) is 0 Å². The monoisotopic (exact) mass is 319 g/mol. The smallest absolute Gasteiger partial charge is 0.224 e. The van der Waals surface area contributed by atoms with E-state index in [0.717, 1.165) is 32.4 Å². The first kappa shape index (κ1) is 14.3. The molecule has 1 N–H and O–H groups in total. The van der Waals surface area contributed by atoms with E-state index in [-0.39, 0.29) is 0 Å². The maximum Gasteiger partial charge on any atom is 0.224 e. The Kier molecular flexibility index (Phi) is 3.86. The van der Waals surface area contributed by atoms with Gasteiger partial charge in [0.2, 0.25) is 5.95 Å². The molecule has 0 fully saturated rings. The van der Waals surface area contributed by atoms with Crippen molar-refractivity contribution in [2.45, 2.75) is 30.3 Å². The molecule has 7 heteroatoms. The summed E-state index contributed by atoms with van der Waals surface area (Å²) in [5, 5.41) is 10.6. The molecule has 0 atom stereocenters. The fourth-order valence-corrected chi connectivity index (χ4v) is 4.12. The molecule has 0 aromatic carbocycles. The lowest BCUT2D eigenvalue weighted by molar-refractivity contribution is 0.692. The minimum atomic E-state index is 0.661. The van der Waals surface area contributed by atoms with Crippen molar-refractivity contribution >= 4 is 39.3 Å². The molecule has 3 rings (SSSR count). The van der Waals surface area contributed by atoms with Crippen LogP contribution in [-0.4, -0.2) is 26.8 Å². The first-order valence-electron chi connectivity index (χ1n) is 6.77. The van der Waals surface area contributed by atoms with Crippen LogP contribution in [0.4, 0.5) is 5.95 Å².